The standard InChI is InChI=1S/C23H24N4OS/c1-16(2)12-19(17-8-4-3-5-9-17)25-22(28)13-27-21-11-7-6-10-18(21)26-23(27)20-14-29-15-24-20/h3-11,14-16,19H,12-13H2,1-2H3,(H,25,28)/t19-/m0/s1. The number of rotatable bonds is 7. The topological polar surface area (TPSA) is 59.8 Å². The van der Waals surface area contributed by atoms with Gasteiger partial charge in [0.15, 0.2) is 5.82 Å². The zero-order valence-electron chi connectivity index (χ0n) is 16.6. The quantitative estimate of drug-likeness (QED) is 0.468. The first kappa shape index (κ1) is 19.3. The summed E-state index contributed by atoms with van der Waals surface area (Å²) in [5.74, 6) is 1.17. The Labute approximate surface area is 174 Å². The molecule has 4 rings (SSSR count). The summed E-state index contributed by atoms with van der Waals surface area (Å²) >= 11 is 1.52. The van der Waals surface area contributed by atoms with Gasteiger partial charge in [0.05, 0.1) is 22.6 Å². The average molecular weight is 405 g/mol. The highest BCUT2D eigenvalue weighted by atomic mass is 32.1. The summed E-state index contributed by atoms with van der Waals surface area (Å²) in [7, 11) is 0. The van der Waals surface area contributed by atoms with Gasteiger partial charge in [0.2, 0.25) is 5.91 Å². The lowest BCUT2D eigenvalue weighted by Gasteiger charge is -2.21. The fraction of sp³-hybridized carbons (Fsp3) is 0.261. The molecule has 0 fully saturated rings. The van der Waals surface area contributed by atoms with E-state index in [9.17, 15) is 4.79 Å². The molecule has 0 aliphatic carbocycles. The van der Waals surface area contributed by atoms with Gasteiger partial charge in [0.1, 0.15) is 12.2 Å². The maximum absolute atomic E-state index is 13.1. The van der Waals surface area contributed by atoms with Crippen LogP contribution in [0.3, 0.4) is 0 Å². The van der Waals surface area contributed by atoms with Crippen LogP contribution >= 0.6 is 11.3 Å². The first-order valence-electron chi connectivity index (χ1n) is 9.80. The molecule has 0 unspecified atom stereocenters. The lowest BCUT2D eigenvalue weighted by molar-refractivity contribution is -0.122. The molecule has 5 nitrogen and oxygen atoms in total. The number of imidazole rings is 1. The predicted octanol–water partition coefficient (Wildman–Crippen LogP) is 5.06. The number of nitrogens with one attached hydrogen (secondary N) is 1. The summed E-state index contributed by atoms with van der Waals surface area (Å²) in [5, 5.41) is 5.19. The summed E-state index contributed by atoms with van der Waals surface area (Å²) in [6, 6.07) is 18.0. The zero-order chi connectivity index (χ0) is 20.2. The third-order valence-electron chi connectivity index (χ3n) is 4.86. The van der Waals surface area contributed by atoms with E-state index < -0.39 is 0 Å². The van der Waals surface area contributed by atoms with Gasteiger partial charge >= 0.3 is 0 Å². The molecule has 0 spiro atoms. The molecular formula is C23H24N4OS. The van der Waals surface area contributed by atoms with Crippen molar-refractivity contribution in [2.45, 2.75) is 32.9 Å². The highest BCUT2D eigenvalue weighted by molar-refractivity contribution is 7.07. The van der Waals surface area contributed by atoms with Crippen molar-refractivity contribution in [3.63, 3.8) is 0 Å². The Morgan fingerprint density at radius 2 is 1.86 bits per heavy atom. The van der Waals surface area contributed by atoms with E-state index in [0.717, 1.165) is 34.5 Å². The van der Waals surface area contributed by atoms with Crippen LogP contribution in [0, 0.1) is 5.92 Å². The van der Waals surface area contributed by atoms with Crippen LogP contribution < -0.4 is 5.32 Å². The van der Waals surface area contributed by atoms with Crippen molar-refractivity contribution in [3.8, 4) is 11.5 Å². The molecule has 148 valence electrons. The number of carbonyl (C=O) groups is 1. The van der Waals surface area contributed by atoms with Crippen LogP contribution in [-0.2, 0) is 11.3 Å². The molecule has 1 N–H and O–H groups in total. The van der Waals surface area contributed by atoms with Crippen molar-refractivity contribution in [1.29, 1.82) is 0 Å². The number of benzene rings is 2. The monoisotopic (exact) mass is 404 g/mol. The van der Waals surface area contributed by atoms with Crippen LogP contribution in [0.1, 0.15) is 31.9 Å². The van der Waals surface area contributed by atoms with E-state index in [-0.39, 0.29) is 18.5 Å². The molecule has 2 aromatic carbocycles. The molecule has 0 radical (unpaired) electrons. The lowest BCUT2D eigenvalue weighted by atomic mass is 9.97. The fourth-order valence-electron chi connectivity index (χ4n) is 3.57. The second-order valence-corrected chi connectivity index (χ2v) is 8.26. The van der Waals surface area contributed by atoms with E-state index in [4.69, 9.17) is 4.98 Å². The van der Waals surface area contributed by atoms with Crippen molar-refractivity contribution in [2.75, 3.05) is 0 Å². The van der Waals surface area contributed by atoms with Gasteiger partial charge in [-0.05, 0) is 30.0 Å². The minimum atomic E-state index is -0.0286. The normalized spacial score (nSPS) is 12.4. The second-order valence-electron chi connectivity index (χ2n) is 7.54. The average Bonchev–Trinajstić information content (AvgIpc) is 3.36. The Hall–Kier alpha value is -2.99. The first-order valence-corrected chi connectivity index (χ1v) is 10.7. The summed E-state index contributed by atoms with van der Waals surface area (Å²) in [6.45, 7) is 4.55. The van der Waals surface area contributed by atoms with E-state index in [1.54, 1.807) is 5.51 Å². The number of para-hydroxylation sites is 2. The maximum Gasteiger partial charge on any atom is 0.240 e. The number of fused-ring (bicyclic) bond motifs is 1. The van der Waals surface area contributed by atoms with Crippen LogP contribution in [0.15, 0.2) is 65.5 Å². The van der Waals surface area contributed by atoms with E-state index in [2.05, 4.69) is 36.3 Å². The fourth-order valence-corrected chi connectivity index (χ4v) is 4.10. The summed E-state index contributed by atoms with van der Waals surface area (Å²) in [6.07, 6.45) is 0.888. The summed E-state index contributed by atoms with van der Waals surface area (Å²) < 4.78 is 1.96. The first-order chi connectivity index (χ1) is 14.1. The number of aromatic nitrogens is 3. The second kappa shape index (κ2) is 8.57. The molecule has 4 aromatic rings. The van der Waals surface area contributed by atoms with Gasteiger partial charge in [-0.25, -0.2) is 9.97 Å². The maximum atomic E-state index is 13.1. The Morgan fingerprint density at radius 3 is 2.59 bits per heavy atom. The molecule has 2 heterocycles. The number of carbonyl (C=O) groups excluding carboxylic acids is 1. The molecule has 1 amide bonds. The van der Waals surface area contributed by atoms with Gasteiger partial charge in [-0.2, -0.15) is 0 Å². The molecule has 0 bridgehead atoms. The molecule has 1 atom stereocenters. The molecule has 0 saturated carbocycles. The molecule has 0 aliphatic rings. The van der Waals surface area contributed by atoms with Gasteiger partial charge in [-0.1, -0.05) is 56.3 Å². The molecule has 2 aromatic heterocycles. The lowest BCUT2D eigenvalue weighted by Crippen LogP contribution is -2.32. The Kier molecular flexibility index (Phi) is 5.71. The Balaban J connectivity index is 1.62. The smallest absolute Gasteiger partial charge is 0.240 e. The van der Waals surface area contributed by atoms with Gasteiger partial charge in [-0.3, -0.25) is 4.79 Å². The van der Waals surface area contributed by atoms with E-state index in [0.29, 0.717) is 5.92 Å². The molecule has 29 heavy (non-hydrogen) atoms. The summed E-state index contributed by atoms with van der Waals surface area (Å²) in [4.78, 5) is 22.2. The van der Waals surface area contributed by atoms with E-state index >= 15 is 0 Å². The number of nitrogens with zero attached hydrogens (tertiary/aromatic N) is 3. The van der Waals surface area contributed by atoms with Crippen LogP contribution in [0.2, 0.25) is 0 Å². The van der Waals surface area contributed by atoms with Crippen molar-refractivity contribution in [2.24, 2.45) is 5.92 Å². The summed E-state index contributed by atoms with van der Waals surface area (Å²) in [5.41, 5.74) is 5.51. The van der Waals surface area contributed by atoms with Crippen molar-refractivity contribution in [1.82, 2.24) is 19.9 Å². The molecule has 0 aliphatic heterocycles. The van der Waals surface area contributed by atoms with E-state index in [1.165, 1.54) is 11.3 Å². The van der Waals surface area contributed by atoms with Crippen molar-refractivity contribution >= 4 is 28.3 Å². The molecule has 0 saturated heterocycles. The van der Waals surface area contributed by atoms with Crippen LogP contribution in [0.25, 0.3) is 22.6 Å². The number of amides is 1. The molecule has 6 heteroatoms. The third-order valence-corrected chi connectivity index (χ3v) is 5.45. The Morgan fingerprint density at radius 1 is 1.10 bits per heavy atom. The van der Waals surface area contributed by atoms with Gasteiger partial charge in [-0.15, -0.1) is 11.3 Å². The Bertz CT molecular complexity index is 1090. The van der Waals surface area contributed by atoms with Crippen LogP contribution in [0.4, 0.5) is 0 Å². The highest BCUT2D eigenvalue weighted by Crippen LogP contribution is 2.25. The number of thiazole rings is 1. The SMILES string of the molecule is CC(C)C[C@H](NC(=O)Cn1c(-c2cscn2)nc2ccccc21)c1ccccc1. The minimum absolute atomic E-state index is 0.0128. The van der Waals surface area contributed by atoms with Gasteiger partial charge < -0.3 is 9.88 Å². The zero-order valence-corrected chi connectivity index (χ0v) is 17.4. The van der Waals surface area contributed by atoms with Gasteiger partial charge in [0.25, 0.3) is 0 Å². The number of hydrogen-bond acceptors (Lipinski definition) is 4. The largest absolute Gasteiger partial charge is 0.348 e. The van der Waals surface area contributed by atoms with Gasteiger partial charge in [0, 0.05) is 5.38 Å². The highest BCUT2D eigenvalue weighted by Gasteiger charge is 2.20. The number of hydrogen-bond donors (Lipinski definition) is 1. The third kappa shape index (κ3) is 4.38. The van der Waals surface area contributed by atoms with E-state index in [1.807, 2.05) is 52.4 Å². The molecular weight excluding hydrogens is 380 g/mol. The van der Waals surface area contributed by atoms with Crippen LogP contribution in [0.5, 0.6) is 0 Å². The van der Waals surface area contributed by atoms with Crippen molar-refractivity contribution < 1.29 is 4.79 Å². The van der Waals surface area contributed by atoms with Crippen molar-refractivity contribution in [3.05, 3.63) is 71.1 Å². The minimum Gasteiger partial charge on any atom is -0.348 e. The predicted molar refractivity (Wildman–Crippen MR) is 118 cm³/mol. The van der Waals surface area contributed by atoms with Crippen LogP contribution in [-0.4, -0.2) is 20.4 Å².